The van der Waals surface area contributed by atoms with Gasteiger partial charge < -0.3 is 0 Å². The molecule has 0 aliphatic carbocycles. The van der Waals surface area contributed by atoms with Gasteiger partial charge in [-0.15, -0.1) is 0 Å². The molecule has 1 N–H and O–H groups in total. The Balaban J connectivity index is 1.91. The summed E-state index contributed by atoms with van der Waals surface area (Å²) < 4.78 is 14.0. The standard InChI is InChI=1S/C15H12FN3OS/c1-8-5-9(2)13-11(6-8)21-15(18-13)19-14(20)10-3-4-17-12(16)7-10/h3-7H,1-2H3,(H,18,19,20). The average Bonchev–Trinajstić information content (AvgIpc) is 2.81. The third-order valence-electron chi connectivity index (χ3n) is 3.04. The van der Waals surface area contributed by atoms with Gasteiger partial charge in [-0.3, -0.25) is 10.1 Å². The molecule has 0 spiro atoms. The fraction of sp³-hybridized carbons (Fsp3) is 0.133. The minimum atomic E-state index is -0.682. The molecule has 0 saturated heterocycles. The molecular formula is C15H12FN3OS. The molecule has 0 fully saturated rings. The van der Waals surface area contributed by atoms with E-state index in [1.165, 1.54) is 23.6 Å². The topological polar surface area (TPSA) is 54.9 Å². The Morgan fingerprint density at radius 3 is 2.86 bits per heavy atom. The number of aromatic nitrogens is 2. The number of halogens is 1. The average molecular weight is 301 g/mol. The molecule has 4 nitrogen and oxygen atoms in total. The Morgan fingerprint density at radius 1 is 1.29 bits per heavy atom. The zero-order valence-corrected chi connectivity index (χ0v) is 12.3. The predicted octanol–water partition coefficient (Wildman–Crippen LogP) is 3.70. The summed E-state index contributed by atoms with van der Waals surface area (Å²) in [7, 11) is 0. The van der Waals surface area contributed by atoms with Gasteiger partial charge in [0, 0.05) is 17.8 Å². The molecule has 0 bridgehead atoms. The van der Waals surface area contributed by atoms with Gasteiger partial charge in [-0.2, -0.15) is 4.39 Å². The van der Waals surface area contributed by atoms with Crippen LogP contribution in [0.3, 0.4) is 0 Å². The van der Waals surface area contributed by atoms with Gasteiger partial charge in [-0.1, -0.05) is 17.4 Å². The Bertz CT molecular complexity index is 844. The number of benzene rings is 1. The molecule has 3 aromatic rings. The molecule has 1 aromatic carbocycles. The lowest BCUT2D eigenvalue weighted by Crippen LogP contribution is -2.12. The van der Waals surface area contributed by atoms with Crippen molar-refractivity contribution in [1.29, 1.82) is 0 Å². The van der Waals surface area contributed by atoms with E-state index in [4.69, 9.17) is 0 Å². The van der Waals surface area contributed by atoms with Crippen LogP contribution in [0.15, 0.2) is 30.5 Å². The minimum Gasteiger partial charge on any atom is -0.298 e. The van der Waals surface area contributed by atoms with Gasteiger partial charge in [0.15, 0.2) is 5.13 Å². The van der Waals surface area contributed by atoms with Gasteiger partial charge in [-0.25, -0.2) is 9.97 Å². The van der Waals surface area contributed by atoms with Crippen LogP contribution in [-0.2, 0) is 0 Å². The van der Waals surface area contributed by atoms with Crippen LogP contribution in [0.25, 0.3) is 10.2 Å². The highest BCUT2D eigenvalue weighted by Gasteiger charge is 2.12. The van der Waals surface area contributed by atoms with Gasteiger partial charge in [0.2, 0.25) is 5.95 Å². The van der Waals surface area contributed by atoms with E-state index in [1.54, 1.807) is 0 Å². The summed E-state index contributed by atoms with van der Waals surface area (Å²) in [6.45, 7) is 4.00. The van der Waals surface area contributed by atoms with E-state index in [1.807, 2.05) is 26.0 Å². The maximum absolute atomic E-state index is 13.0. The zero-order valence-electron chi connectivity index (χ0n) is 11.5. The lowest BCUT2D eigenvalue weighted by molar-refractivity contribution is 0.102. The minimum absolute atomic E-state index is 0.217. The lowest BCUT2D eigenvalue weighted by Gasteiger charge is -2.00. The third kappa shape index (κ3) is 2.75. The van der Waals surface area contributed by atoms with Crippen molar-refractivity contribution >= 4 is 32.6 Å². The summed E-state index contributed by atoms with van der Waals surface area (Å²) >= 11 is 1.40. The molecule has 6 heteroatoms. The highest BCUT2D eigenvalue weighted by atomic mass is 32.1. The van der Waals surface area contributed by atoms with E-state index in [2.05, 4.69) is 15.3 Å². The monoisotopic (exact) mass is 301 g/mol. The molecule has 106 valence electrons. The summed E-state index contributed by atoms with van der Waals surface area (Å²) in [6, 6.07) is 6.63. The van der Waals surface area contributed by atoms with Crippen LogP contribution in [0, 0.1) is 19.8 Å². The maximum Gasteiger partial charge on any atom is 0.257 e. The van der Waals surface area contributed by atoms with Crippen molar-refractivity contribution in [3.8, 4) is 0 Å². The maximum atomic E-state index is 13.0. The second kappa shape index (κ2) is 5.21. The number of anilines is 1. The smallest absolute Gasteiger partial charge is 0.257 e. The summed E-state index contributed by atoms with van der Waals surface area (Å²) in [5.74, 6) is -1.08. The Morgan fingerprint density at radius 2 is 2.10 bits per heavy atom. The summed E-state index contributed by atoms with van der Waals surface area (Å²) in [4.78, 5) is 19.9. The molecule has 3 rings (SSSR count). The first-order chi connectivity index (χ1) is 10.0. The second-order valence-electron chi connectivity index (χ2n) is 4.77. The zero-order chi connectivity index (χ0) is 15.0. The Kier molecular flexibility index (Phi) is 3.39. The Hall–Kier alpha value is -2.34. The molecule has 0 unspecified atom stereocenters. The molecular weight excluding hydrogens is 289 g/mol. The van der Waals surface area contributed by atoms with Crippen molar-refractivity contribution in [2.24, 2.45) is 0 Å². The molecule has 21 heavy (non-hydrogen) atoms. The van der Waals surface area contributed by atoms with Crippen LogP contribution in [0.1, 0.15) is 21.5 Å². The molecule has 0 saturated carbocycles. The van der Waals surface area contributed by atoms with Gasteiger partial charge in [-0.05, 0) is 37.1 Å². The fourth-order valence-electron chi connectivity index (χ4n) is 2.14. The molecule has 1 amide bonds. The van der Waals surface area contributed by atoms with E-state index in [9.17, 15) is 9.18 Å². The number of hydrogen-bond acceptors (Lipinski definition) is 4. The van der Waals surface area contributed by atoms with E-state index in [-0.39, 0.29) is 5.56 Å². The van der Waals surface area contributed by atoms with E-state index < -0.39 is 11.9 Å². The molecule has 0 aliphatic rings. The number of carbonyl (C=O) groups is 1. The predicted molar refractivity (Wildman–Crippen MR) is 81.2 cm³/mol. The largest absolute Gasteiger partial charge is 0.298 e. The number of hydrogen-bond donors (Lipinski definition) is 1. The van der Waals surface area contributed by atoms with Gasteiger partial charge in [0.1, 0.15) is 0 Å². The molecule has 0 atom stereocenters. The fourth-order valence-corrected chi connectivity index (χ4v) is 3.17. The number of fused-ring (bicyclic) bond motifs is 1. The number of rotatable bonds is 2. The van der Waals surface area contributed by atoms with Crippen LogP contribution < -0.4 is 5.32 Å². The van der Waals surface area contributed by atoms with Crippen LogP contribution in [-0.4, -0.2) is 15.9 Å². The van der Waals surface area contributed by atoms with E-state index in [0.29, 0.717) is 5.13 Å². The first-order valence-electron chi connectivity index (χ1n) is 6.33. The number of pyridine rings is 1. The van der Waals surface area contributed by atoms with Crippen molar-refractivity contribution in [3.05, 3.63) is 53.1 Å². The van der Waals surface area contributed by atoms with Crippen LogP contribution >= 0.6 is 11.3 Å². The Labute approximate surface area is 124 Å². The first kappa shape index (κ1) is 13.6. The van der Waals surface area contributed by atoms with E-state index in [0.717, 1.165) is 27.4 Å². The number of amides is 1. The van der Waals surface area contributed by atoms with E-state index >= 15 is 0 Å². The number of nitrogens with one attached hydrogen (secondary N) is 1. The molecule has 0 radical (unpaired) electrons. The SMILES string of the molecule is Cc1cc(C)c2nc(NC(=O)c3ccnc(F)c3)sc2c1. The molecule has 2 heterocycles. The number of nitrogens with zero attached hydrogens (tertiary/aromatic N) is 2. The summed E-state index contributed by atoms with van der Waals surface area (Å²) in [6.07, 6.45) is 1.26. The quantitative estimate of drug-likeness (QED) is 0.734. The highest BCUT2D eigenvalue weighted by Crippen LogP contribution is 2.29. The van der Waals surface area contributed by atoms with Crippen molar-refractivity contribution in [2.75, 3.05) is 5.32 Å². The summed E-state index contributed by atoms with van der Waals surface area (Å²) in [5, 5.41) is 3.20. The van der Waals surface area contributed by atoms with Crippen molar-refractivity contribution in [3.63, 3.8) is 0 Å². The first-order valence-corrected chi connectivity index (χ1v) is 7.15. The van der Waals surface area contributed by atoms with Crippen LogP contribution in [0.2, 0.25) is 0 Å². The van der Waals surface area contributed by atoms with Crippen LogP contribution in [0.4, 0.5) is 9.52 Å². The lowest BCUT2D eigenvalue weighted by atomic mass is 10.1. The van der Waals surface area contributed by atoms with Gasteiger partial charge >= 0.3 is 0 Å². The molecule has 2 aromatic heterocycles. The van der Waals surface area contributed by atoms with Crippen LogP contribution in [0.5, 0.6) is 0 Å². The third-order valence-corrected chi connectivity index (χ3v) is 3.96. The normalized spacial score (nSPS) is 10.8. The highest BCUT2D eigenvalue weighted by molar-refractivity contribution is 7.22. The van der Waals surface area contributed by atoms with Gasteiger partial charge in [0.25, 0.3) is 5.91 Å². The number of aryl methyl sites for hydroxylation is 2. The van der Waals surface area contributed by atoms with Crippen molar-refractivity contribution in [2.45, 2.75) is 13.8 Å². The second-order valence-corrected chi connectivity index (χ2v) is 5.80. The summed E-state index contributed by atoms with van der Waals surface area (Å²) in [5.41, 5.74) is 3.31. The van der Waals surface area contributed by atoms with Crippen molar-refractivity contribution < 1.29 is 9.18 Å². The number of carbonyl (C=O) groups excluding carboxylic acids is 1. The van der Waals surface area contributed by atoms with Gasteiger partial charge in [0.05, 0.1) is 10.2 Å². The van der Waals surface area contributed by atoms with Crippen molar-refractivity contribution in [1.82, 2.24) is 9.97 Å². The number of thiazole rings is 1. The molecule has 0 aliphatic heterocycles.